The van der Waals surface area contributed by atoms with Gasteiger partial charge in [-0.25, -0.2) is 0 Å². The molecule has 22 heavy (non-hydrogen) atoms. The van der Waals surface area contributed by atoms with Gasteiger partial charge in [0.2, 0.25) is 5.91 Å². The molecular formula is C16H18N2O4. The Morgan fingerprint density at radius 3 is 2.36 bits per heavy atom. The van der Waals surface area contributed by atoms with E-state index in [1.54, 1.807) is 37.4 Å². The third-order valence-electron chi connectivity index (χ3n) is 3.55. The van der Waals surface area contributed by atoms with Crippen molar-refractivity contribution in [2.45, 2.75) is 26.3 Å². The van der Waals surface area contributed by atoms with Gasteiger partial charge in [-0.05, 0) is 12.0 Å². The molecule has 6 heteroatoms. The van der Waals surface area contributed by atoms with Gasteiger partial charge < -0.3 is 10.0 Å². The number of carbonyl (C=O) groups is 3. The molecule has 1 heterocycles. The third kappa shape index (κ3) is 3.00. The largest absolute Gasteiger partial charge is 0.480 e. The number of amides is 2. The standard InChI is InChI=1S/C16H18N2O4/c1-3-13-16(22)18(10-15(20)21)14(9-17(13)11(2)19)12-7-5-4-6-8-12/h4-9,13H,3,10H2,1-2H3,(H,20,21)/t13-/m0/s1. The average Bonchev–Trinajstić information content (AvgIpc) is 2.49. The Morgan fingerprint density at radius 1 is 1.23 bits per heavy atom. The first kappa shape index (κ1) is 15.8. The number of nitrogens with zero attached hydrogens (tertiary/aromatic N) is 2. The van der Waals surface area contributed by atoms with Gasteiger partial charge in [-0.2, -0.15) is 0 Å². The number of hydrogen-bond acceptors (Lipinski definition) is 3. The molecule has 116 valence electrons. The lowest BCUT2D eigenvalue weighted by molar-refractivity contribution is -0.146. The molecule has 2 amide bonds. The second-order valence-corrected chi connectivity index (χ2v) is 5.05. The monoisotopic (exact) mass is 302 g/mol. The summed E-state index contributed by atoms with van der Waals surface area (Å²) >= 11 is 0. The van der Waals surface area contributed by atoms with E-state index in [1.807, 2.05) is 6.07 Å². The molecule has 0 saturated carbocycles. The van der Waals surface area contributed by atoms with E-state index in [9.17, 15) is 14.4 Å². The van der Waals surface area contributed by atoms with E-state index in [-0.39, 0.29) is 11.8 Å². The smallest absolute Gasteiger partial charge is 0.323 e. The molecule has 1 N–H and O–H groups in total. The number of benzene rings is 1. The second-order valence-electron chi connectivity index (χ2n) is 5.05. The fourth-order valence-electron chi connectivity index (χ4n) is 2.53. The van der Waals surface area contributed by atoms with Crippen LogP contribution in [0, 0.1) is 0 Å². The summed E-state index contributed by atoms with van der Waals surface area (Å²) in [6, 6.07) is 8.31. The van der Waals surface area contributed by atoms with E-state index in [0.717, 1.165) is 0 Å². The maximum absolute atomic E-state index is 12.6. The number of aliphatic carboxylic acids is 1. The summed E-state index contributed by atoms with van der Waals surface area (Å²) in [5.74, 6) is -1.72. The lowest BCUT2D eigenvalue weighted by Gasteiger charge is -2.38. The van der Waals surface area contributed by atoms with Crippen LogP contribution in [-0.2, 0) is 14.4 Å². The van der Waals surface area contributed by atoms with Crippen molar-refractivity contribution < 1.29 is 19.5 Å². The molecule has 0 fully saturated rings. The first-order valence-electron chi connectivity index (χ1n) is 7.05. The van der Waals surface area contributed by atoms with Gasteiger partial charge in [0.25, 0.3) is 5.91 Å². The quantitative estimate of drug-likeness (QED) is 0.915. The average molecular weight is 302 g/mol. The highest BCUT2D eigenvalue weighted by molar-refractivity contribution is 5.98. The second kappa shape index (κ2) is 6.43. The molecular weight excluding hydrogens is 284 g/mol. The van der Waals surface area contributed by atoms with Crippen LogP contribution in [0.4, 0.5) is 0 Å². The Morgan fingerprint density at radius 2 is 1.86 bits per heavy atom. The van der Waals surface area contributed by atoms with Crippen molar-refractivity contribution in [1.82, 2.24) is 9.80 Å². The van der Waals surface area contributed by atoms with Gasteiger partial charge in [0.05, 0.1) is 5.70 Å². The number of rotatable bonds is 4. The van der Waals surface area contributed by atoms with Crippen molar-refractivity contribution in [3.63, 3.8) is 0 Å². The van der Waals surface area contributed by atoms with Crippen molar-refractivity contribution >= 4 is 23.5 Å². The highest BCUT2D eigenvalue weighted by atomic mass is 16.4. The highest BCUT2D eigenvalue weighted by Crippen LogP contribution is 2.28. The van der Waals surface area contributed by atoms with E-state index >= 15 is 0 Å². The molecule has 0 unspecified atom stereocenters. The Balaban J connectivity index is 2.54. The summed E-state index contributed by atoms with van der Waals surface area (Å²) in [6.07, 6.45) is 1.99. The normalized spacial score (nSPS) is 18.2. The van der Waals surface area contributed by atoms with Crippen LogP contribution in [-0.4, -0.2) is 45.3 Å². The third-order valence-corrected chi connectivity index (χ3v) is 3.55. The topological polar surface area (TPSA) is 77.9 Å². The van der Waals surface area contributed by atoms with E-state index in [4.69, 9.17) is 5.11 Å². The number of carboxylic acids is 1. The molecule has 1 aliphatic heterocycles. The zero-order valence-corrected chi connectivity index (χ0v) is 12.5. The lowest BCUT2D eigenvalue weighted by Crippen LogP contribution is -2.52. The van der Waals surface area contributed by atoms with Crippen LogP contribution in [0.25, 0.3) is 5.70 Å². The molecule has 0 spiro atoms. The summed E-state index contributed by atoms with van der Waals surface area (Å²) in [4.78, 5) is 38.1. The van der Waals surface area contributed by atoms with Crippen molar-refractivity contribution in [3.05, 3.63) is 42.1 Å². The van der Waals surface area contributed by atoms with Gasteiger partial charge in [0.15, 0.2) is 0 Å². The molecule has 2 rings (SSSR count). The maximum atomic E-state index is 12.6. The van der Waals surface area contributed by atoms with Gasteiger partial charge in [-0.3, -0.25) is 19.3 Å². The molecule has 0 aliphatic carbocycles. The summed E-state index contributed by atoms with van der Waals surface area (Å²) < 4.78 is 0. The first-order chi connectivity index (χ1) is 10.5. The number of carboxylic acid groups (broad SMARTS) is 1. The van der Waals surface area contributed by atoms with Crippen molar-refractivity contribution in [2.75, 3.05) is 6.54 Å². The van der Waals surface area contributed by atoms with Crippen LogP contribution in [0.5, 0.6) is 0 Å². The molecule has 1 aromatic rings. The Labute approximate surface area is 128 Å². The van der Waals surface area contributed by atoms with Crippen molar-refractivity contribution in [1.29, 1.82) is 0 Å². The predicted octanol–water partition coefficient (Wildman–Crippen LogP) is 1.54. The van der Waals surface area contributed by atoms with Crippen LogP contribution in [0.2, 0.25) is 0 Å². The summed E-state index contributed by atoms with van der Waals surface area (Å²) in [5.41, 5.74) is 1.12. The maximum Gasteiger partial charge on any atom is 0.323 e. The Bertz CT molecular complexity index is 624. The molecule has 0 aromatic heterocycles. The molecule has 1 aromatic carbocycles. The van der Waals surface area contributed by atoms with E-state index in [1.165, 1.54) is 16.7 Å². The van der Waals surface area contributed by atoms with Gasteiger partial charge >= 0.3 is 5.97 Å². The van der Waals surface area contributed by atoms with Crippen LogP contribution in [0.1, 0.15) is 25.8 Å². The lowest BCUT2D eigenvalue weighted by atomic mass is 10.0. The summed E-state index contributed by atoms with van der Waals surface area (Å²) in [6.45, 7) is 2.75. The highest BCUT2D eigenvalue weighted by Gasteiger charge is 2.37. The molecule has 1 atom stereocenters. The number of carbonyl (C=O) groups excluding carboxylic acids is 2. The van der Waals surface area contributed by atoms with E-state index < -0.39 is 18.6 Å². The SMILES string of the molecule is CC[C@H]1C(=O)N(CC(=O)O)C(c2ccccc2)=CN1C(C)=O. The fourth-order valence-corrected chi connectivity index (χ4v) is 2.53. The zero-order valence-electron chi connectivity index (χ0n) is 12.5. The molecule has 0 radical (unpaired) electrons. The van der Waals surface area contributed by atoms with Crippen LogP contribution < -0.4 is 0 Å². The van der Waals surface area contributed by atoms with Crippen LogP contribution in [0.3, 0.4) is 0 Å². The van der Waals surface area contributed by atoms with Crippen molar-refractivity contribution in [2.24, 2.45) is 0 Å². The minimum atomic E-state index is -1.10. The van der Waals surface area contributed by atoms with Gasteiger partial charge in [0.1, 0.15) is 12.6 Å². The molecule has 0 saturated heterocycles. The minimum Gasteiger partial charge on any atom is -0.480 e. The number of hydrogen-bond donors (Lipinski definition) is 1. The molecule has 0 bridgehead atoms. The van der Waals surface area contributed by atoms with Gasteiger partial charge in [-0.1, -0.05) is 37.3 Å². The first-order valence-corrected chi connectivity index (χ1v) is 7.05. The Hall–Kier alpha value is -2.63. The Kier molecular flexibility index (Phi) is 4.60. The van der Waals surface area contributed by atoms with Crippen LogP contribution >= 0.6 is 0 Å². The van der Waals surface area contributed by atoms with Gasteiger partial charge in [-0.15, -0.1) is 0 Å². The van der Waals surface area contributed by atoms with E-state index in [0.29, 0.717) is 17.7 Å². The summed E-state index contributed by atoms with van der Waals surface area (Å²) in [7, 11) is 0. The molecule has 6 nitrogen and oxygen atoms in total. The summed E-state index contributed by atoms with van der Waals surface area (Å²) in [5, 5.41) is 9.08. The van der Waals surface area contributed by atoms with E-state index in [2.05, 4.69) is 0 Å². The fraction of sp³-hybridized carbons (Fsp3) is 0.312. The van der Waals surface area contributed by atoms with Crippen LogP contribution in [0.15, 0.2) is 36.5 Å². The van der Waals surface area contributed by atoms with Gasteiger partial charge in [0, 0.05) is 13.1 Å². The van der Waals surface area contributed by atoms with Crippen molar-refractivity contribution in [3.8, 4) is 0 Å². The molecule has 1 aliphatic rings. The zero-order chi connectivity index (χ0) is 16.3. The minimum absolute atomic E-state index is 0.247. The predicted molar refractivity (Wildman–Crippen MR) is 80.4 cm³/mol.